The molecule has 1 heterocycles. The zero-order valence-electron chi connectivity index (χ0n) is 15.7. The summed E-state index contributed by atoms with van der Waals surface area (Å²) < 4.78 is 0. The Balaban J connectivity index is 1.54. The van der Waals surface area contributed by atoms with E-state index in [1.54, 1.807) is 11.0 Å². The van der Waals surface area contributed by atoms with Crippen molar-refractivity contribution in [2.24, 2.45) is 5.92 Å². The Morgan fingerprint density at radius 1 is 1.26 bits per heavy atom. The number of anilines is 1. The van der Waals surface area contributed by atoms with E-state index in [0.717, 1.165) is 24.1 Å². The van der Waals surface area contributed by atoms with E-state index in [1.165, 1.54) is 5.56 Å². The van der Waals surface area contributed by atoms with Gasteiger partial charge in [-0.05, 0) is 49.9 Å². The second-order valence-corrected chi connectivity index (χ2v) is 7.68. The maximum Gasteiger partial charge on any atom is 0.227 e. The number of hydrogen-bond donors (Lipinski definition) is 1. The average Bonchev–Trinajstić information content (AvgIpc) is 3.05. The fourth-order valence-corrected chi connectivity index (χ4v) is 3.52. The van der Waals surface area contributed by atoms with Crippen molar-refractivity contribution in [2.75, 3.05) is 11.4 Å². The lowest BCUT2D eigenvalue weighted by molar-refractivity contribution is -0.126. The molecule has 1 N–H and O–H groups in total. The molecule has 1 aliphatic rings. The largest absolute Gasteiger partial charge is 0.353 e. The smallest absolute Gasteiger partial charge is 0.227 e. The van der Waals surface area contributed by atoms with E-state index in [4.69, 9.17) is 11.6 Å². The van der Waals surface area contributed by atoms with E-state index in [1.807, 2.05) is 44.2 Å². The number of rotatable bonds is 6. The number of carbonyl (C=O) groups excluding carboxylic acids is 2. The van der Waals surface area contributed by atoms with Crippen LogP contribution in [0.5, 0.6) is 0 Å². The molecule has 142 valence electrons. The standard InChI is InChI=1S/C22H25ClN2O2/c1-15-8-11-19(13-20(15)23)25-14-18(12-21(25)26)22(27)24-16(2)9-10-17-6-4-3-5-7-17/h3-8,11,13,16,18H,9-10,12,14H2,1-2H3,(H,24,27)/t16-,18-/m1/s1. The number of halogens is 1. The highest BCUT2D eigenvalue weighted by molar-refractivity contribution is 6.31. The molecule has 0 bridgehead atoms. The van der Waals surface area contributed by atoms with Crippen LogP contribution in [-0.2, 0) is 16.0 Å². The fraction of sp³-hybridized carbons (Fsp3) is 0.364. The lowest BCUT2D eigenvalue weighted by Crippen LogP contribution is -2.38. The lowest BCUT2D eigenvalue weighted by atomic mass is 10.0. The van der Waals surface area contributed by atoms with Gasteiger partial charge < -0.3 is 10.2 Å². The Kier molecular flexibility index (Phi) is 6.17. The third kappa shape index (κ3) is 4.89. The molecule has 0 aromatic heterocycles. The highest BCUT2D eigenvalue weighted by atomic mass is 35.5. The Bertz CT molecular complexity index is 822. The van der Waals surface area contributed by atoms with Crippen molar-refractivity contribution in [1.29, 1.82) is 0 Å². The Morgan fingerprint density at radius 2 is 2.00 bits per heavy atom. The van der Waals surface area contributed by atoms with Gasteiger partial charge in [0.05, 0.1) is 5.92 Å². The van der Waals surface area contributed by atoms with Gasteiger partial charge in [0.2, 0.25) is 11.8 Å². The number of benzene rings is 2. The van der Waals surface area contributed by atoms with Gasteiger partial charge in [0, 0.05) is 29.7 Å². The molecule has 2 aromatic rings. The van der Waals surface area contributed by atoms with Crippen molar-refractivity contribution in [3.8, 4) is 0 Å². The normalized spacial score (nSPS) is 17.8. The molecular weight excluding hydrogens is 360 g/mol. The minimum absolute atomic E-state index is 0.0352. The molecular formula is C22H25ClN2O2. The molecule has 0 unspecified atom stereocenters. The molecule has 1 saturated heterocycles. The summed E-state index contributed by atoms with van der Waals surface area (Å²) in [4.78, 5) is 26.6. The van der Waals surface area contributed by atoms with Gasteiger partial charge in [0.1, 0.15) is 0 Å². The first kappa shape index (κ1) is 19.4. The van der Waals surface area contributed by atoms with Gasteiger partial charge in [-0.1, -0.05) is 48.0 Å². The van der Waals surface area contributed by atoms with Crippen molar-refractivity contribution in [3.63, 3.8) is 0 Å². The van der Waals surface area contributed by atoms with Crippen molar-refractivity contribution in [2.45, 2.75) is 39.2 Å². The monoisotopic (exact) mass is 384 g/mol. The summed E-state index contributed by atoms with van der Waals surface area (Å²) in [5, 5.41) is 3.69. The van der Waals surface area contributed by atoms with Crippen LogP contribution in [0.15, 0.2) is 48.5 Å². The van der Waals surface area contributed by atoms with Crippen LogP contribution >= 0.6 is 11.6 Å². The SMILES string of the molecule is Cc1ccc(N2C[C@H](C(=O)N[C@H](C)CCc3ccccc3)CC2=O)cc1Cl. The zero-order valence-corrected chi connectivity index (χ0v) is 16.5. The first-order valence-corrected chi connectivity index (χ1v) is 9.72. The minimum atomic E-state index is -0.322. The molecule has 5 heteroatoms. The zero-order chi connectivity index (χ0) is 19.4. The van der Waals surface area contributed by atoms with Crippen molar-refractivity contribution < 1.29 is 9.59 Å². The van der Waals surface area contributed by atoms with E-state index in [2.05, 4.69) is 17.4 Å². The average molecular weight is 385 g/mol. The van der Waals surface area contributed by atoms with Crippen molar-refractivity contribution in [1.82, 2.24) is 5.32 Å². The number of nitrogens with one attached hydrogen (secondary N) is 1. The molecule has 0 saturated carbocycles. The Labute approximate surface area is 165 Å². The number of amides is 2. The van der Waals surface area contributed by atoms with Crippen LogP contribution in [0.4, 0.5) is 5.69 Å². The molecule has 1 aliphatic heterocycles. The van der Waals surface area contributed by atoms with Crippen LogP contribution in [0.2, 0.25) is 5.02 Å². The lowest BCUT2D eigenvalue weighted by Gasteiger charge is -2.19. The Hall–Kier alpha value is -2.33. The molecule has 2 amide bonds. The first-order valence-electron chi connectivity index (χ1n) is 9.35. The van der Waals surface area contributed by atoms with Gasteiger partial charge in [0.25, 0.3) is 0 Å². The summed E-state index contributed by atoms with van der Waals surface area (Å²) in [5.41, 5.74) is 2.98. The van der Waals surface area contributed by atoms with Gasteiger partial charge in [-0.15, -0.1) is 0 Å². The van der Waals surface area contributed by atoms with Gasteiger partial charge >= 0.3 is 0 Å². The van der Waals surface area contributed by atoms with Crippen LogP contribution in [0, 0.1) is 12.8 Å². The fourth-order valence-electron chi connectivity index (χ4n) is 3.34. The first-order chi connectivity index (χ1) is 12.9. The second-order valence-electron chi connectivity index (χ2n) is 7.27. The predicted molar refractivity (Wildman–Crippen MR) is 109 cm³/mol. The summed E-state index contributed by atoms with van der Waals surface area (Å²) in [6.45, 7) is 4.33. The maximum absolute atomic E-state index is 12.6. The van der Waals surface area contributed by atoms with Gasteiger partial charge in [0.15, 0.2) is 0 Å². The van der Waals surface area contributed by atoms with Crippen LogP contribution in [-0.4, -0.2) is 24.4 Å². The van der Waals surface area contributed by atoms with Gasteiger partial charge in [-0.2, -0.15) is 0 Å². The summed E-state index contributed by atoms with van der Waals surface area (Å²) in [6.07, 6.45) is 2.02. The van der Waals surface area contributed by atoms with E-state index in [-0.39, 0.29) is 30.2 Å². The van der Waals surface area contributed by atoms with Crippen LogP contribution in [0.25, 0.3) is 0 Å². The second kappa shape index (κ2) is 8.57. The summed E-state index contributed by atoms with van der Waals surface area (Å²) >= 11 is 6.18. The quantitative estimate of drug-likeness (QED) is 0.813. The highest BCUT2D eigenvalue weighted by Gasteiger charge is 2.35. The van der Waals surface area contributed by atoms with Crippen LogP contribution in [0.3, 0.4) is 0 Å². The van der Waals surface area contributed by atoms with Gasteiger partial charge in [-0.3, -0.25) is 9.59 Å². The minimum Gasteiger partial charge on any atom is -0.353 e. The number of carbonyl (C=O) groups is 2. The van der Waals surface area contributed by atoms with E-state index < -0.39 is 0 Å². The third-order valence-electron chi connectivity index (χ3n) is 5.06. The predicted octanol–water partition coefficient (Wildman–Crippen LogP) is 4.14. The third-order valence-corrected chi connectivity index (χ3v) is 5.47. The molecule has 2 aromatic carbocycles. The number of aryl methyl sites for hydroxylation is 2. The summed E-state index contributed by atoms with van der Waals surface area (Å²) in [5.74, 6) is -0.409. The number of nitrogens with zero attached hydrogens (tertiary/aromatic N) is 1. The van der Waals surface area contributed by atoms with Crippen molar-refractivity contribution in [3.05, 3.63) is 64.7 Å². The van der Waals surface area contributed by atoms with Gasteiger partial charge in [-0.25, -0.2) is 0 Å². The molecule has 0 aliphatic carbocycles. The summed E-state index contributed by atoms with van der Waals surface area (Å²) in [7, 11) is 0. The van der Waals surface area contributed by atoms with E-state index >= 15 is 0 Å². The molecule has 27 heavy (non-hydrogen) atoms. The summed E-state index contributed by atoms with van der Waals surface area (Å²) in [6, 6.07) is 15.9. The Morgan fingerprint density at radius 3 is 2.70 bits per heavy atom. The van der Waals surface area contributed by atoms with E-state index in [0.29, 0.717) is 11.6 Å². The molecule has 0 radical (unpaired) electrons. The number of hydrogen-bond acceptors (Lipinski definition) is 2. The maximum atomic E-state index is 12.6. The van der Waals surface area contributed by atoms with Crippen molar-refractivity contribution >= 4 is 29.1 Å². The topological polar surface area (TPSA) is 49.4 Å². The van der Waals surface area contributed by atoms with Crippen LogP contribution in [0.1, 0.15) is 30.9 Å². The highest BCUT2D eigenvalue weighted by Crippen LogP contribution is 2.29. The van der Waals surface area contributed by atoms with Crippen LogP contribution < -0.4 is 10.2 Å². The molecule has 0 spiro atoms. The molecule has 2 atom stereocenters. The molecule has 4 nitrogen and oxygen atoms in total. The molecule has 3 rings (SSSR count). The molecule has 1 fully saturated rings. The van der Waals surface area contributed by atoms with E-state index in [9.17, 15) is 9.59 Å².